The Morgan fingerprint density at radius 3 is 1.34 bits per heavy atom. The van der Waals surface area contributed by atoms with Crippen molar-refractivity contribution < 1.29 is 5.48 Å². The minimum Gasteiger partial charge on any atom is -0.310 e. The minimum absolute atomic E-state index is 0.0951. The molecule has 56 heavy (non-hydrogen) atoms. The highest BCUT2D eigenvalue weighted by Gasteiger charge is 2.47. The summed E-state index contributed by atoms with van der Waals surface area (Å²) in [6.45, 7) is 0. The van der Waals surface area contributed by atoms with Crippen LogP contribution in [0.5, 0.6) is 0 Å². The number of hydrogen-bond acceptors (Lipinski definition) is 1. The molecule has 0 N–H and O–H groups in total. The Balaban J connectivity index is 1.35. The van der Waals surface area contributed by atoms with Crippen molar-refractivity contribution in [1.82, 2.24) is 0 Å². The van der Waals surface area contributed by atoms with Crippen molar-refractivity contribution in [3.8, 4) is 44.5 Å². The van der Waals surface area contributed by atoms with E-state index >= 15 is 0 Å². The molecule has 0 amide bonds. The average molecular weight is 718 g/mol. The van der Waals surface area contributed by atoms with E-state index in [0.29, 0.717) is 11.3 Å². The monoisotopic (exact) mass is 717 g/mol. The standard InChI is InChI=1S/C55H39N/c1-6-18-40(19-7-1)43-30-34-48(35-31-43)56(49-36-32-44(33-37-49)41-20-8-2-9-21-41)53-39-45(42-22-10-3-11-23-42)38-52-54(53)50-28-16-17-29-51(50)55(52,46-24-12-4-13-25-46)47-26-14-5-15-27-47/h1-39H/i30D,31D,34D,35D. The van der Waals surface area contributed by atoms with Gasteiger partial charge in [-0.2, -0.15) is 0 Å². The van der Waals surface area contributed by atoms with E-state index in [9.17, 15) is 5.48 Å². The average Bonchev–Trinajstić information content (AvgIpc) is 3.62. The van der Waals surface area contributed by atoms with Gasteiger partial charge in [-0.05, 0) is 97.5 Å². The summed E-state index contributed by atoms with van der Waals surface area (Å²) in [7, 11) is 0. The smallest absolute Gasteiger partial charge is 0.0714 e. The fourth-order valence-electron chi connectivity index (χ4n) is 8.51. The van der Waals surface area contributed by atoms with E-state index < -0.39 is 5.41 Å². The van der Waals surface area contributed by atoms with Crippen molar-refractivity contribution in [3.05, 3.63) is 259 Å². The second-order valence-electron chi connectivity index (χ2n) is 14.1. The van der Waals surface area contributed by atoms with Crippen LogP contribution in [0.2, 0.25) is 0 Å². The summed E-state index contributed by atoms with van der Waals surface area (Å²) < 4.78 is 38.6. The predicted molar refractivity (Wildman–Crippen MR) is 235 cm³/mol. The first-order valence-corrected chi connectivity index (χ1v) is 19.0. The molecule has 1 aliphatic rings. The van der Waals surface area contributed by atoms with E-state index in [0.717, 1.165) is 61.3 Å². The molecule has 9 aromatic carbocycles. The molecule has 0 spiro atoms. The highest BCUT2D eigenvalue weighted by Crippen LogP contribution is 2.60. The molecule has 0 bridgehead atoms. The topological polar surface area (TPSA) is 3.24 Å². The van der Waals surface area contributed by atoms with Gasteiger partial charge in [0.25, 0.3) is 0 Å². The lowest BCUT2D eigenvalue weighted by atomic mass is 9.67. The van der Waals surface area contributed by atoms with Crippen LogP contribution in [-0.2, 0) is 5.41 Å². The summed E-state index contributed by atoms with van der Waals surface area (Å²) in [6.07, 6.45) is 0. The van der Waals surface area contributed by atoms with Gasteiger partial charge in [-0.25, -0.2) is 0 Å². The van der Waals surface area contributed by atoms with Crippen molar-refractivity contribution >= 4 is 17.1 Å². The Bertz CT molecular complexity index is 2920. The van der Waals surface area contributed by atoms with Crippen molar-refractivity contribution in [2.75, 3.05) is 4.90 Å². The van der Waals surface area contributed by atoms with Gasteiger partial charge in [0.05, 0.1) is 16.6 Å². The second kappa shape index (κ2) is 14.2. The Hall–Kier alpha value is -7.22. The number of benzene rings is 9. The fraction of sp³-hybridized carbons (Fsp3) is 0.0182. The van der Waals surface area contributed by atoms with Crippen molar-refractivity contribution in [2.24, 2.45) is 0 Å². The first-order valence-electron chi connectivity index (χ1n) is 21.0. The molecule has 0 atom stereocenters. The Morgan fingerprint density at radius 1 is 0.339 bits per heavy atom. The molecule has 1 aliphatic carbocycles. The molecule has 0 saturated carbocycles. The van der Waals surface area contributed by atoms with Gasteiger partial charge in [-0.15, -0.1) is 0 Å². The van der Waals surface area contributed by atoms with Crippen LogP contribution in [-0.4, -0.2) is 0 Å². The van der Waals surface area contributed by atoms with E-state index in [1.165, 1.54) is 0 Å². The van der Waals surface area contributed by atoms with Crippen LogP contribution in [0.3, 0.4) is 0 Å². The summed E-state index contributed by atoms with van der Waals surface area (Å²) >= 11 is 0. The van der Waals surface area contributed by atoms with Crippen LogP contribution in [0.1, 0.15) is 27.7 Å². The molecule has 0 heterocycles. The second-order valence-corrected chi connectivity index (χ2v) is 14.1. The molecule has 0 aliphatic heterocycles. The van der Waals surface area contributed by atoms with E-state index in [4.69, 9.17) is 0 Å². The summed E-state index contributed by atoms with van der Waals surface area (Å²) in [5, 5.41) is 0. The van der Waals surface area contributed by atoms with Crippen LogP contribution in [0.25, 0.3) is 44.5 Å². The third-order valence-corrected chi connectivity index (χ3v) is 11.0. The Labute approximate surface area is 335 Å². The van der Waals surface area contributed by atoms with Gasteiger partial charge >= 0.3 is 0 Å². The zero-order valence-electron chi connectivity index (χ0n) is 34.7. The molecule has 1 heteroatoms. The molecule has 1 nitrogen and oxygen atoms in total. The fourth-order valence-corrected chi connectivity index (χ4v) is 8.51. The molecule has 9 aromatic rings. The molecular weight excluding hydrogens is 675 g/mol. The maximum atomic E-state index is 9.80. The molecule has 0 radical (unpaired) electrons. The summed E-state index contributed by atoms with van der Waals surface area (Å²) in [6, 6.07) is 72.0. The van der Waals surface area contributed by atoms with E-state index in [1.54, 1.807) is 0 Å². The number of rotatable bonds is 8. The zero-order chi connectivity index (χ0) is 40.8. The van der Waals surface area contributed by atoms with Crippen LogP contribution in [0.15, 0.2) is 236 Å². The maximum absolute atomic E-state index is 9.80. The van der Waals surface area contributed by atoms with Crippen LogP contribution < -0.4 is 4.90 Å². The van der Waals surface area contributed by atoms with Gasteiger partial charge in [-0.3, -0.25) is 0 Å². The molecule has 0 saturated heterocycles. The van der Waals surface area contributed by atoms with Gasteiger partial charge < -0.3 is 4.90 Å². The first kappa shape index (κ1) is 29.2. The molecular formula is C55H39N. The Morgan fingerprint density at radius 2 is 0.786 bits per heavy atom. The first-order chi connectivity index (χ1) is 29.5. The lowest BCUT2D eigenvalue weighted by Gasteiger charge is -2.35. The maximum Gasteiger partial charge on any atom is 0.0714 e. The van der Waals surface area contributed by atoms with E-state index in [-0.39, 0.29) is 35.4 Å². The van der Waals surface area contributed by atoms with Crippen molar-refractivity contribution in [3.63, 3.8) is 0 Å². The van der Waals surface area contributed by atoms with Crippen LogP contribution in [0, 0.1) is 0 Å². The third kappa shape index (κ3) is 5.65. The molecule has 264 valence electrons. The predicted octanol–water partition coefficient (Wildman–Crippen LogP) is 14.5. The quantitative estimate of drug-likeness (QED) is 0.151. The van der Waals surface area contributed by atoms with E-state index in [1.807, 2.05) is 83.8 Å². The highest BCUT2D eigenvalue weighted by atomic mass is 15.1. The molecule has 10 rings (SSSR count). The normalized spacial score (nSPS) is 13.4. The molecule has 0 aromatic heterocycles. The van der Waals surface area contributed by atoms with Crippen molar-refractivity contribution in [1.29, 1.82) is 0 Å². The lowest BCUT2D eigenvalue weighted by molar-refractivity contribution is 0.769. The SMILES string of the molecule is [2H]c1c([2H])c(N(c2ccc(-c3ccccc3)cc2)c2cc(-c3ccccc3)cc3c2-c2ccccc2C3(c2ccccc2)c2ccccc2)c([2H])c([2H])c1-c1ccccc1. The highest BCUT2D eigenvalue weighted by molar-refractivity contribution is 5.99. The van der Waals surface area contributed by atoms with Gasteiger partial charge in [0.1, 0.15) is 0 Å². The van der Waals surface area contributed by atoms with Gasteiger partial charge in [0, 0.05) is 16.9 Å². The van der Waals surface area contributed by atoms with Crippen LogP contribution >= 0.6 is 0 Å². The van der Waals surface area contributed by atoms with Crippen molar-refractivity contribution in [2.45, 2.75) is 5.41 Å². The summed E-state index contributed by atoms with van der Waals surface area (Å²) in [5.41, 5.74) is 12.4. The number of nitrogens with zero attached hydrogens (tertiary/aromatic N) is 1. The summed E-state index contributed by atoms with van der Waals surface area (Å²) in [4.78, 5) is 1.97. The number of hydrogen-bond donors (Lipinski definition) is 0. The number of fused-ring (bicyclic) bond motifs is 3. The minimum atomic E-state index is -0.733. The zero-order valence-corrected chi connectivity index (χ0v) is 30.7. The van der Waals surface area contributed by atoms with Crippen LogP contribution in [0.4, 0.5) is 17.1 Å². The lowest BCUT2D eigenvalue weighted by Crippen LogP contribution is -2.28. The molecule has 0 unspecified atom stereocenters. The molecule has 0 fully saturated rings. The number of anilines is 3. The van der Waals surface area contributed by atoms with E-state index in [2.05, 4.69) is 133 Å². The van der Waals surface area contributed by atoms with Gasteiger partial charge in [0.2, 0.25) is 0 Å². The summed E-state index contributed by atoms with van der Waals surface area (Å²) in [5.74, 6) is 0. The largest absolute Gasteiger partial charge is 0.310 e. The van der Waals surface area contributed by atoms with Gasteiger partial charge in [0.15, 0.2) is 0 Å². The Kier molecular flexibility index (Phi) is 7.40. The third-order valence-electron chi connectivity index (χ3n) is 11.0. The van der Waals surface area contributed by atoms with Gasteiger partial charge in [-0.1, -0.05) is 200 Å².